The Bertz CT molecular complexity index is 82.4. The van der Waals surface area contributed by atoms with Gasteiger partial charge in [-0.1, -0.05) is 0 Å². The van der Waals surface area contributed by atoms with E-state index in [1.54, 1.807) is 6.92 Å². The number of aliphatic hydroxyl groups excluding tert-OH is 1. The third kappa shape index (κ3) is 3.21. The minimum absolute atomic E-state index is 0.382. The fourth-order valence-corrected chi connectivity index (χ4v) is 0.472. The first kappa shape index (κ1) is 8.59. The van der Waals surface area contributed by atoms with E-state index in [1.165, 1.54) is 0 Å². The number of carbonyl (C=O) groups excluding carboxylic acids is 1. The second-order valence-electron chi connectivity index (χ2n) is 1.79. The molecule has 0 bridgehead atoms. The van der Waals surface area contributed by atoms with E-state index in [0.29, 0.717) is 12.9 Å². The van der Waals surface area contributed by atoms with E-state index in [4.69, 9.17) is 9.84 Å². The van der Waals surface area contributed by atoms with Crippen molar-refractivity contribution in [3.05, 3.63) is 0 Å². The molecule has 0 aromatic carbocycles. The molecule has 3 nitrogen and oxygen atoms in total. The number of hydrogen-bond donors (Lipinski definition) is 1. The van der Waals surface area contributed by atoms with Crippen LogP contribution in [0, 0.1) is 0 Å². The summed E-state index contributed by atoms with van der Waals surface area (Å²) >= 11 is 0. The van der Waals surface area contributed by atoms with Gasteiger partial charge in [-0.05, 0) is 13.8 Å². The van der Waals surface area contributed by atoms with Crippen molar-refractivity contribution in [3.63, 3.8) is 0 Å². The lowest BCUT2D eigenvalue weighted by Crippen LogP contribution is -2.26. The van der Waals surface area contributed by atoms with Crippen LogP contribution in [0.3, 0.4) is 0 Å². The van der Waals surface area contributed by atoms with Gasteiger partial charge in [0, 0.05) is 6.61 Å². The van der Waals surface area contributed by atoms with Crippen molar-refractivity contribution in [2.75, 3.05) is 6.61 Å². The van der Waals surface area contributed by atoms with Crippen LogP contribution in [0.1, 0.15) is 13.8 Å². The molecule has 2 unspecified atom stereocenters. The van der Waals surface area contributed by atoms with Crippen molar-refractivity contribution < 1.29 is 14.6 Å². The van der Waals surface area contributed by atoms with Crippen molar-refractivity contribution in [2.45, 2.75) is 26.1 Å². The zero-order chi connectivity index (χ0) is 7.28. The Hall–Kier alpha value is -0.410. The molecule has 0 amide bonds. The molecule has 0 aliphatic heterocycles. The molecular formula is C6H12O3. The summed E-state index contributed by atoms with van der Waals surface area (Å²) in [7, 11) is 0. The summed E-state index contributed by atoms with van der Waals surface area (Å²) in [6.07, 6.45) is -0.891. The fourth-order valence-electron chi connectivity index (χ4n) is 0.472. The molecule has 0 aromatic rings. The summed E-state index contributed by atoms with van der Waals surface area (Å²) in [4.78, 5) is 9.89. The van der Waals surface area contributed by atoms with E-state index in [0.717, 1.165) is 0 Å². The second kappa shape index (κ2) is 4.47. The van der Waals surface area contributed by atoms with E-state index in [2.05, 4.69) is 0 Å². The fraction of sp³-hybridized carbons (Fsp3) is 0.833. The van der Waals surface area contributed by atoms with E-state index >= 15 is 0 Å². The van der Waals surface area contributed by atoms with Gasteiger partial charge in [0.1, 0.15) is 6.10 Å². The molecule has 2 atom stereocenters. The van der Waals surface area contributed by atoms with Gasteiger partial charge in [-0.15, -0.1) is 0 Å². The molecule has 0 rings (SSSR count). The van der Waals surface area contributed by atoms with Gasteiger partial charge in [0.15, 0.2) is 6.29 Å². The van der Waals surface area contributed by atoms with Crippen molar-refractivity contribution in [1.82, 2.24) is 0 Å². The first-order valence-electron chi connectivity index (χ1n) is 2.97. The quantitative estimate of drug-likeness (QED) is 0.546. The highest BCUT2D eigenvalue weighted by atomic mass is 16.5. The van der Waals surface area contributed by atoms with Gasteiger partial charge in [-0.3, -0.25) is 0 Å². The lowest BCUT2D eigenvalue weighted by Gasteiger charge is -2.12. The Morgan fingerprint density at radius 1 is 1.78 bits per heavy atom. The summed E-state index contributed by atoms with van der Waals surface area (Å²) in [5.41, 5.74) is 0. The van der Waals surface area contributed by atoms with Crippen LogP contribution in [0.4, 0.5) is 0 Å². The molecule has 54 valence electrons. The highest BCUT2D eigenvalue weighted by molar-refractivity contribution is 5.56. The predicted molar refractivity (Wildman–Crippen MR) is 33.2 cm³/mol. The minimum Gasteiger partial charge on any atom is -0.383 e. The Kier molecular flexibility index (Phi) is 4.26. The van der Waals surface area contributed by atoms with Crippen molar-refractivity contribution in [3.8, 4) is 0 Å². The second-order valence-corrected chi connectivity index (χ2v) is 1.79. The normalized spacial score (nSPS) is 16.8. The maximum atomic E-state index is 9.89. The molecule has 9 heavy (non-hydrogen) atoms. The maximum Gasteiger partial charge on any atom is 0.151 e. The Balaban J connectivity index is 3.44. The number of rotatable bonds is 4. The number of aldehydes is 1. The molecule has 0 aliphatic rings. The zero-order valence-electron chi connectivity index (χ0n) is 5.70. The number of aliphatic hydroxyl groups is 1. The van der Waals surface area contributed by atoms with Crippen LogP contribution >= 0.6 is 0 Å². The van der Waals surface area contributed by atoms with Gasteiger partial charge >= 0.3 is 0 Å². The molecule has 3 heteroatoms. The molecule has 0 saturated carbocycles. The molecule has 0 aliphatic carbocycles. The average molecular weight is 132 g/mol. The predicted octanol–water partition coefficient (Wildman–Crippen LogP) is -0.0288. The van der Waals surface area contributed by atoms with Gasteiger partial charge in [-0.25, -0.2) is 0 Å². The van der Waals surface area contributed by atoms with Crippen molar-refractivity contribution in [1.29, 1.82) is 0 Å². The summed E-state index contributed by atoms with van der Waals surface area (Å²) in [6.45, 7) is 3.99. The highest BCUT2D eigenvalue weighted by Crippen LogP contribution is 1.94. The van der Waals surface area contributed by atoms with Crippen molar-refractivity contribution in [2.24, 2.45) is 0 Å². The van der Waals surface area contributed by atoms with E-state index < -0.39 is 6.10 Å². The molecule has 0 heterocycles. The monoisotopic (exact) mass is 132 g/mol. The van der Waals surface area contributed by atoms with E-state index in [1.807, 2.05) is 6.92 Å². The number of ether oxygens (including phenoxy) is 1. The lowest BCUT2D eigenvalue weighted by molar-refractivity contribution is -0.121. The molecular weight excluding hydrogens is 120 g/mol. The van der Waals surface area contributed by atoms with Crippen molar-refractivity contribution >= 4 is 6.29 Å². The van der Waals surface area contributed by atoms with Crippen LogP contribution in [-0.2, 0) is 9.53 Å². The standard InChI is InChI=1S/C6H12O3/c1-3-9-5(2)6(8)4-7/h4-6,8H,3H2,1-2H3. The van der Waals surface area contributed by atoms with Crippen LogP contribution in [0.25, 0.3) is 0 Å². The first-order chi connectivity index (χ1) is 4.22. The van der Waals surface area contributed by atoms with Gasteiger partial charge in [0.25, 0.3) is 0 Å². The average Bonchev–Trinajstić information content (AvgIpc) is 1.87. The Morgan fingerprint density at radius 3 is 2.67 bits per heavy atom. The van der Waals surface area contributed by atoms with Crippen LogP contribution in [0.5, 0.6) is 0 Å². The Morgan fingerprint density at radius 2 is 2.33 bits per heavy atom. The third-order valence-electron chi connectivity index (χ3n) is 1.05. The molecule has 1 N–H and O–H groups in total. The first-order valence-corrected chi connectivity index (χ1v) is 2.97. The van der Waals surface area contributed by atoms with Crippen LogP contribution < -0.4 is 0 Å². The molecule has 0 radical (unpaired) electrons. The highest BCUT2D eigenvalue weighted by Gasteiger charge is 2.11. The van der Waals surface area contributed by atoms with Gasteiger partial charge < -0.3 is 14.6 Å². The van der Waals surface area contributed by atoms with E-state index in [9.17, 15) is 4.79 Å². The van der Waals surface area contributed by atoms with Gasteiger partial charge in [0.05, 0.1) is 6.10 Å². The number of hydrogen-bond acceptors (Lipinski definition) is 3. The lowest BCUT2D eigenvalue weighted by atomic mass is 10.2. The molecule has 0 aromatic heterocycles. The van der Waals surface area contributed by atoms with Gasteiger partial charge in [-0.2, -0.15) is 0 Å². The van der Waals surface area contributed by atoms with Gasteiger partial charge in [0.2, 0.25) is 0 Å². The van der Waals surface area contributed by atoms with E-state index in [-0.39, 0.29) is 6.10 Å². The largest absolute Gasteiger partial charge is 0.383 e. The smallest absolute Gasteiger partial charge is 0.151 e. The maximum absolute atomic E-state index is 9.89. The SMILES string of the molecule is CCOC(C)C(O)C=O. The molecule has 0 spiro atoms. The summed E-state index contributed by atoms with van der Waals surface area (Å²) < 4.78 is 4.91. The number of carbonyl (C=O) groups is 1. The summed E-state index contributed by atoms with van der Waals surface area (Å²) in [6, 6.07) is 0. The third-order valence-corrected chi connectivity index (χ3v) is 1.05. The summed E-state index contributed by atoms with van der Waals surface area (Å²) in [5.74, 6) is 0. The van der Waals surface area contributed by atoms with Crippen LogP contribution in [0.2, 0.25) is 0 Å². The zero-order valence-corrected chi connectivity index (χ0v) is 5.70. The van der Waals surface area contributed by atoms with Crippen LogP contribution in [-0.4, -0.2) is 30.2 Å². The molecule has 0 saturated heterocycles. The molecule has 0 fully saturated rings. The Labute approximate surface area is 54.6 Å². The topological polar surface area (TPSA) is 46.5 Å². The summed E-state index contributed by atoms with van der Waals surface area (Å²) in [5, 5.41) is 8.76. The minimum atomic E-state index is -0.982. The van der Waals surface area contributed by atoms with Crippen LogP contribution in [0.15, 0.2) is 0 Å².